The Balaban J connectivity index is 1.69. The molecule has 0 aromatic carbocycles. The molecule has 3 aliphatic rings. The van der Waals surface area contributed by atoms with Crippen molar-refractivity contribution in [2.45, 2.75) is 70.3 Å². The molecule has 5 amide bonds. The molecule has 1 saturated carbocycles. The molecule has 1 saturated heterocycles. The lowest BCUT2D eigenvalue weighted by Gasteiger charge is -2.38. The highest BCUT2D eigenvalue weighted by molar-refractivity contribution is 6.00. The lowest BCUT2D eigenvalue weighted by Crippen LogP contribution is -2.58. The summed E-state index contributed by atoms with van der Waals surface area (Å²) in [5, 5.41) is 14.2. The van der Waals surface area contributed by atoms with Crippen LogP contribution in [0.4, 0.5) is 4.79 Å². The van der Waals surface area contributed by atoms with Crippen LogP contribution in [0.1, 0.15) is 64.2 Å². The minimum absolute atomic E-state index is 0.0456. The Hall–Kier alpha value is -3.44. The molecule has 0 radical (unpaired) electrons. The van der Waals surface area contributed by atoms with E-state index in [2.05, 4.69) is 10.7 Å². The van der Waals surface area contributed by atoms with Crippen LogP contribution in [0.15, 0.2) is 11.8 Å². The van der Waals surface area contributed by atoms with Crippen molar-refractivity contribution in [1.82, 2.24) is 25.8 Å². The smallest absolute Gasteiger partial charge is 0.362 e. The number of fused-ring (bicyclic) bond motifs is 1. The van der Waals surface area contributed by atoms with Crippen molar-refractivity contribution in [3.63, 3.8) is 0 Å². The fourth-order valence-corrected chi connectivity index (χ4v) is 4.50. The third kappa shape index (κ3) is 6.33. The third-order valence-electron chi connectivity index (χ3n) is 6.27. The highest BCUT2D eigenvalue weighted by Gasteiger charge is 2.40. The molecule has 2 aliphatic heterocycles. The van der Waals surface area contributed by atoms with E-state index in [1.165, 1.54) is 25.3 Å². The number of urea groups is 1. The van der Waals surface area contributed by atoms with Crippen molar-refractivity contribution in [3.05, 3.63) is 11.8 Å². The van der Waals surface area contributed by atoms with Crippen LogP contribution >= 0.6 is 0 Å². The highest BCUT2D eigenvalue weighted by Crippen LogP contribution is 2.27. The maximum absolute atomic E-state index is 13.3. The van der Waals surface area contributed by atoms with Gasteiger partial charge in [0.2, 0.25) is 11.8 Å². The Morgan fingerprint density at radius 1 is 1.15 bits per heavy atom. The van der Waals surface area contributed by atoms with Gasteiger partial charge in [-0.25, -0.2) is 14.8 Å². The first-order valence-corrected chi connectivity index (χ1v) is 11.7. The predicted molar refractivity (Wildman–Crippen MR) is 117 cm³/mol. The number of hydrogen-bond acceptors (Lipinski definition) is 6. The van der Waals surface area contributed by atoms with E-state index in [9.17, 15) is 28.8 Å². The first-order valence-electron chi connectivity index (χ1n) is 11.7. The van der Waals surface area contributed by atoms with Gasteiger partial charge in [-0.3, -0.25) is 24.6 Å². The lowest BCUT2D eigenvalue weighted by atomic mass is 9.86. The van der Waals surface area contributed by atoms with Crippen LogP contribution in [0.3, 0.4) is 0 Å². The molecule has 1 aliphatic carbocycles. The van der Waals surface area contributed by atoms with E-state index >= 15 is 0 Å². The minimum Gasteiger partial charge on any atom is -0.481 e. The van der Waals surface area contributed by atoms with Crippen molar-refractivity contribution in [1.29, 1.82) is 0 Å². The molecule has 12 heteroatoms. The molecule has 2 fully saturated rings. The molecular formula is C22H31N5O7. The van der Waals surface area contributed by atoms with Crippen LogP contribution in [-0.4, -0.2) is 75.3 Å². The summed E-state index contributed by atoms with van der Waals surface area (Å²) in [5.41, 5.74) is 2.37. The van der Waals surface area contributed by atoms with Gasteiger partial charge >= 0.3 is 12.0 Å². The molecule has 34 heavy (non-hydrogen) atoms. The van der Waals surface area contributed by atoms with Gasteiger partial charge in [-0.1, -0.05) is 38.2 Å². The van der Waals surface area contributed by atoms with Gasteiger partial charge in [0, 0.05) is 19.4 Å². The second kappa shape index (κ2) is 11.6. The molecule has 0 spiro atoms. The third-order valence-corrected chi connectivity index (χ3v) is 6.27. The Morgan fingerprint density at radius 3 is 2.56 bits per heavy atom. The summed E-state index contributed by atoms with van der Waals surface area (Å²) in [6.07, 6.45) is 8.08. The van der Waals surface area contributed by atoms with E-state index in [1.54, 1.807) is 0 Å². The van der Waals surface area contributed by atoms with E-state index in [1.807, 2.05) is 0 Å². The average molecular weight is 478 g/mol. The zero-order valence-corrected chi connectivity index (χ0v) is 19.0. The topological polar surface area (TPSA) is 156 Å². The summed E-state index contributed by atoms with van der Waals surface area (Å²) >= 11 is 0. The van der Waals surface area contributed by atoms with Crippen molar-refractivity contribution in [3.8, 4) is 0 Å². The molecule has 2 heterocycles. The van der Waals surface area contributed by atoms with Gasteiger partial charge in [0.1, 0.15) is 12.0 Å². The van der Waals surface area contributed by atoms with Gasteiger partial charge in [-0.05, 0) is 18.8 Å². The number of aliphatic carboxylic acids is 1. The van der Waals surface area contributed by atoms with Gasteiger partial charge in [0.15, 0.2) is 0 Å². The van der Waals surface area contributed by atoms with E-state index in [-0.39, 0.29) is 44.0 Å². The number of hydrogen-bond donors (Lipinski definition) is 3. The number of carboxylic acids is 1. The molecule has 3 N–H and O–H groups in total. The monoisotopic (exact) mass is 477 g/mol. The van der Waals surface area contributed by atoms with Gasteiger partial charge in [-0.15, -0.1) is 0 Å². The molecule has 0 bridgehead atoms. The maximum atomic E-state index is 13.3. The summed E-state index contributed by atoms with van der Waals surface area (Å²) in [6, 6.07) is -2.08. The number of nitrogens with one attached hydrogen (secondary N) is 2. The van der Waals surface area contributed by atoms with Gasteiger partial charge < -0.3 is 15.2 Å². The molecule has 3 rings (SSSR count). The first kappa shape index (κ1) is 25.2. The van der Waals surface area contributed by atoms with Crippen molar-refractivity contribution < 1.29 is 33.9 Å². The van der Waals surface area contributed by atoms with Crippen LogP contribution in [0.2, 0.25) is 0 Å². The molecule has 1 atom stereocenters. The Bertz CT molecular complexity index is 868. The Morgan fingerprint density at radius 2 is 1.88 bits per heavy atom. The second-order valence-electron chi connectivity index (χ2n) is 8.78. The van der Waals surface area contributed by atoms with E-state index in [4.69, 9.17) is 5.11 Å². The number of aldehydes is 1. The zero-order chi connectivity index (χ0) is 24.7. The van der Waals surface area contributed by atoms with Crippen molar-refractivity contribution in [2.75, 3.05) is 13.1 Å². The highest BCUT2D eigenvalue weighted by atomic mass is 16.4. The van der Waals surface area contributed by atoms with E-state index < -0.39 is 36.3 Å². The summed E-state index contributed by atoms with van der Waals surface area (Å²) in [6.45, 7) is 0.113. The van der Waals surface area contributed by atoms with Crippen LogP contribution in [0.25, 0.3) is 0 Å². The van der Waals surface area contributed by atoms with Gasteiger partial charge in [0.25, 0.3) is 5.91 Å². The first-order chi connectivity index (χ1) is 16.3. The number of amides is 5. The van der Waals surface area contributed by atoms with Crippen LogP contribution in [-0.2, 0) is 24.0 Å². The van der Waals surface area contributed by atoms with E-state index in [0.29, 0.717) is 12.2 Å². The number of carboxylic acid groups (broad SMARTS) is 1. The minimum atomic E-state index is -1.30. The molecule has 0 unspecified atom stereocenters. The van der Waals surface area contributed by atoms with Crippen molar-refractivity contribution >= 4 is 36.0 Å². The van der Waals surface area contributed by atoms with E-state index in [0.717, 1.165) is 34.3 Å². The standard InChI is InChI=1S/C22H31N5O7/c28-14-16(13-20(31)32)23-21(33)17-7-4-11-26-19(30)10-12-25(22(34)27(17)26)24-18(29)9-8-15-5-2-1-3-6-15/h7,14-16H,1-6,8-13H2,(H,23,33)(H,24,29)(H,31,32)/t16-/m0/s1. The molecule has 186 valence electrons. The molecule has 0 aromatic heterocycles. The molecular weight excluding hydrogens is 446 g/mol. The number of hydrazine groups is 2. The SMILES string of the molecule is O=C[C@H](CC(=O)O)NC(=O)C1=CCCN2C(=O)CCN(NC(=O)CCC3CCCCC3)C(=O)N12. The second-order valence-corrected chi connectivity index (χ2v) is 8.78. The summed E-state index contributed by atoms with van der Waals surface area (Å²) < 4.78 is 0. The van der Waals surface area contributed by atoms with Crippen molar-refractivity contribution in [2.24, 2.45) is 5.92 Å². The zero-order valence-electron chi connectivity index (χ0n) is 19.0. The van der Waals surface area contributed by atoms with Crippen LogP contribution < -0.4 is 10.7 Å². The Kier molecular flexibility index (Phi) is 8.61. The molecule has 0 aromatic rings. The van der Waals surface area contributed by atoms with Gasteiger partial charge in [0.05, 0.1) is 19.0 Å². The number of nitrogens with zero attached hydrogens (tertiary/aromatic N) is 3. The fourth-order valence-electron chi connectivity index (χ4n) is 4.50. The quantitative estimate of drug-likeness (QED) is 0.413. The van der Waals surface area contributed by atoms with Crippen LogP contribution in [0, 0.1) is 5.92 Å². The van der Waals surface area contributed by atoms with Crippen LogP contribution in [0.5, 0.6) is 0 Å². The molecule has 12 nitrogen and oxygen atoms in total. The lowest BCUT2D eigenvalue weighted by molar-refractivity contribution is -0.143. The number of carbonyl (C=O) groups excluding carboxylic acids is 5. The fraction of sp³-hybridized carbons (Fsp3) is 0.636. The summed E-state index contributed by atoms with van der Waals surface area (Å²) in [7, 11) is 0. The summed E-state index contributed by atoms with van der Waals surface area (Å²) in [4.78, 5) is 73.3. The summed E-state index contributed by atoms with van der Waals surface area (Å²) in [5.74, 6) is -2.39. The maximum Gasteiger partial charge on any atom is 0.362 e. The predicted octanol–water partition coefficient (Wildman–Crippen LogP) is 0.695. The largest absolute Gasteiger partial charge is 0.481 e. The average Bonchev–Trinajstić information content (AvgIpc) is 2.94. The normalized spacial score (nSPS) is 20.1. The number of carbonyl (C=O) groups is 6. The Labute approximate surface area is 197 Å². The van der Waals surface area contributed by atoms with Gasteiger partial charge in [-0.2, -0.15) is 5.01 Å². The number of rotatable bonds is 9.